The molecule has 0 unspecified atom stereocenters. The minimum atomic E-state index is 0.139. The first-order chi connectivity index (χ1) is 3.63. The number of hydrogen-bond donors (Lipinski definition) is 0. The van der Waals surface area contributed by atoms with Crippen LogP contribution in [0.4, 0.5) is 0 Å². The summed E-state index contributed by atoms with van der Waals surface area (Å²) in [6.07, 6.45) is 3.91. The fraction of sp³-hybridized carbons (Fsp3) is 0.667. The van der Waals surface area contributed by atoms with Crippen molar-refractivity contribution in [1.29, 1.82) is 0 Å². The van der Waals surface area contributed by atoms with Crippen LogP contribution in [0, 0.1) is 0 Å². The van der Waals surface area contributed by atoms with Crippen LogP contribution in [0.15, 0.2) is 17.4 Å². The monoisotopic (exact) mass is 111 g/mol. The Morgan fingerprint density at radius 3 is 2.25 bits per heavy atom. The first-order valence-corrected chi connectivity index (χ1v) is 2.75. The van der Waals surface area contributed by atoms with Crippen molar-refractivity contribution in [2.45, 2.75) is 19.4 Å². The summed E-state index contributed by atoms with van der Waals surface area (Å²) in [7, 11) is 1.97. The minimum absolute atomic E-state index is 0.139. The van der Waals surface area contributed by atoms with E-state index >= 15 is 0 Å². The van der Waals surface area contributed by atoms with Gasteiger partial charge in [0.1, 0.15) is 0 Å². The van der Waals surface area contributed by atoms with Crippen LogP contribution >= 0.6 is 0 Å². The second kappa shape index (κ2) is 1.41. The molecule has 0 aromatic heterocycles. The van der Waals surface area contributed by atoms with Gasteiger partial charge in [-0.1, -0.05) is 0 Å². The third-order valence-corrected chi connectivity index (χ3v) is 1.56. The summed E-state index contributed by atoms with van der Waals surface area (Å²) in [5, 5.41) is 4.04. The van der Waals surface area contributed by atoms with Crippen molar-refractivity contribution in [3.8, 4) is 0 Å². The lowest BCUT2D eigenvalue weighted by Crippen LogP contribution is -2.26. The van der Waals surface area contributed by atoms with Crippen LogP contribution in [0.1, 0.15) is 13.8 Å². The lowest BCUT2D eigenvalue weighted by molar-refractivity contribution is -0.614. The van der Waals surface area contributed by atoms with Crippen molar-refractivity contribution in [3.63, 3.8) is 0 Å². The van der Waals surface area contributed by atoms with E-state index in [9.17, 15) is 0 Å². The summed E-state index contributed by atoms with van der Waals surface area (Å²) >= 11 is 0. The van der Waals surface area contributed by atoms with Crippen LogP contribution in [-0.2, 0) is 0 Å². The van der Waals surface area contributed by atoms with Crippen molar-refractivity contribution in [1.82, 2.24) is 0 Å². The molecule has 0 fully saturated rings. The Balaban J connectivity index is 2.87. The molecule has 0 radical (unpaired) electrons. The van der Waals surface area contributed by atoms with Gasteiger partial charge in [0, 0.05) is 19.9 Å². The summed E-state index contributed by atoms with van der Waals surface area (Å²) in [6, 6.07) is 0. The van der Waals surface area contributed by atoms with E-state index < -0.39 is 0 Å². The summed E-state index contributed by atoms with van der Waals surface area (Å²) in [4.78, 5) is 0. The first kappa shape index (κ1) is 5.48. The van der Waals surface area contributed by atoms with Gasteiger partial charge in [0.25, 0.3) is 0 Å². The molecule has 2 nitrogen and oxygen atoms in total. The average molecular weight is 111 g/mol. The molecular weight excluding hydrogens is 100 g/mol. The van der Waals surface area contributed by atoms with E-state index in [1.807, 2.05) is 17.9 Å². The van der Waals surface area contributed by atoms with E-state index in [2.05, 4.69) is 25.0 Å². The van der Waals surface area contributed by atoms with Crippen molar-refractivity contribution < 1.29 is 4.70 Å². The maximum Gasteiger partial charge on any atom is 0.202 e. The third-order valence-electron chi connectivity index (χ3n) is 1.56. The highest BCUT2D eigenvalue weighted by molar-refractivity contribution is 4.96. The molecule has 2 heteroatoms. The molecule has 0 spiro atoms. The van der Waals surface area contributed by atoms with Crippen LogP contribution in [0.25, 0.3) is 0 Å². The van der Waals surface area contributed by atoms with Crippen LogP contribution in [0.2, 0.25) is 0 Å². The smallest absolute Gasteiger partial charge is 0.117 e. The molecular formula is C6H11N2+. The molecule has 0 amide bonds. The van der Waals surface area contributed by atoms with Crippen LogP contribution in [-0.4, -0.2) is 17.3 Å². The molecule has 0 saturated carbocycles. The van der Waals surface area contributed by atoms with Gasteiger partial charge in [0.05, 0.1) is 6.20 Å². The lowest BCUT2D eigenvalue weighted by atomic mass is 10.1. The molecule has 0 N–H and O–H groups in total. The van der Waals surface area contributed by atoms with Gasteiger partial charge in [-0.05, 0) is 5.11 Å². The van der Waals surface area contributed by atoms with Gasteiger partial charge in [0.2, 0.25) is 5.54 Å². The maximum absolute atomic E-state index is 4.04. The minimum Gasteiger partial charge on any atom is -0.117 e. The standard InChI is InChI=1S/C6H11N2/c1-6(2)4-5-7-8(6)3/h4-5H,1-3H3/q+1. The van der Waals surface area contributed by atoms with Crippen molar-refractivity contribution in [2.24, 2.45) is 5.11 Å². The summed E-state index contributed by atoms with van der Waals surface area (Å²) in [6.45, 7) is 4.25. The predicted octanol–water partition coefficient (Wildman–Crippen LogP) is 1.39. The van der Waals surface area contributed by atoms with E-state index in [0.717, 1.165) is 0 Å². The van der Waals surface area contributed by atoms with E-state index in [1.54, 1.807) is 0 Å². The second-order valence-electron chi connectivity index (χ2n) is 2.61. The Kier molecular flexibility index (Phi) is 0.962. The summed E-state index contributed by atoms with van der Waals surface area (Å²) < 4.78 is 1.94. The number of rotatable bonds is 0. The summed E-state index contributed by atoms with van der Waals surface area (Å²) in [5.74, 6) is 0. The number of likely N-dealkylation sites (N-methyl/N-ethyl adjacent to an activating group) is 1. The third kappa shape index (κ3) is 0.661. The SMILES string of the molecule is C[N+]1=NC=CC1(C)C. The topological polar surface area (TPSA) is 15.4 Å². The van der Waals surface area contributed by atoms with Crippen LogP contribution in [0.3, 0.4) is 0 Å². The van der Waals surface area contributed by atoms with Gasteiger partial charge in [-0.3, -0.25) is 0 Å². The molecule has 1 rings (SSSR count). The molecule has 1 aliphatic heterocycles. The molecule has 0 aliphatic carbocycles. The van der Waals surface area contributed by atoms with Gasteiger partial charge in [-0.15, -0.1) is 4.70 Å². The zero-order chi connectivity index (χ0) is 6.20. The van der Waals surface area contributed by atoms with E-state index in [1.165, 1.54) is 0 Å². The molecule has 1 heterocycles. The van der Waals surface area contributed by atoms with E-state index in [-0.39, 0.29) is 5.54 Å². The molecule has 8 heavy (non-hydrogen) atoms. The molecule has 0 aromatic carbocycles. The first-order valence-electron chi connectivity index (χ1n) is 2.75. The van der Waals surface area contributed by atoms with Crippen molar-refractivity contribution >= 4 is 0 Å². The molecule has 0 bridgehead atoms. The Morgan fingerprint density at radius 1 is 1.50 bits per heavy atom. The average Bonchev–Trinajstić information content (AvgIpc) is 1.86. The quantitative estimate of drug-likeness (QED) is 0.420. The molecule has 0 aromatic rings. The van der Waals surface area contributed by atoms with Gasteiger partial charge in [-0.25, -0.2) is 0 Å². The number of azo groups is 2. The number of nitrogens with zero attached hydrogens (tertiary/aromatic N) is 2. The Hall–Kier alpha value is -0.660. The highest BCUT2D eigenvalue weighted by Gasteiger charge is 2.28. The Bertz CT molecular complexity index is 154. The highest BCUT2D eigenvalue weighted by atomic mass is 15.3. The Morgan fingerprint density at radius 2 is 2.12 bits per heavy atom. The zero-order valence-electron chi connectivity index (χ0n) is 5.55. The van der Waals surface area contributed by atoms with Gasteiger partial charge < -0.3 is 0 Å². The van der Waals surface area contributed by atoms with Crippen LogP contribution < -0.4 is 0 Å². The normalized spacial score (nSPS) is 23.6. The molecule has 0 atom stereocenters. The molecule has 0 saturated heterocycles. The zero-order valence-corrected chi connectivity index (χ0v) is 5.55. The van der Waals surface area contributed by atoms with Gasteiger partial charge >= 0.3 is 0 Å². The van der Waals surface area contributed by atoms with Crippen LogP contribution in [0.5, 0.6) is 0 Å². The fourth-order valence-corrected chi connectivity index (χ4v) is 0.572. The largest absolute Gasteiger partial charge is 0.202 e. The number of hydrogen-bond acceptors (Lipinski definition) is 1. The second-order valence-corrected chi connectivity index (χ2v) is 2.61. The predicted molar refractivity (Wildman–Crippen MR) is 31.8 cm³/mol. The fourth-order valence-electron chi connectivity index (χ4n) is 0.572. The highest BCUT2D eigenvalue weighted by Crippen LogP contribution is 2.14. The van der Waals surface area contributed by atoms with E-state index in [0.29, 0.717) is 0 Å². The van der Waals surface area contributed by atoms with Gasteiger partial charge in [0.15, 0.2) is 7.05 Å². The summed E-state index contributed by atoms with van der Waals surface area (Å²) in [5.41, 5.74) is 0.139. The van der Waals surface area contributed by atoms with Crippen molar-refractivity contribution in [3.05, 3.63) is 12.3 Å². The van der Waals surface area contributed by atoms with Crippen molar-refractivity contribution in [2.75, 3.05) is 7.05 Å². The maximum atomic E-state index is 4.04. The molecule has 1 aliphatic rings. The lowest BCUT2D eigenvalue weighted by Gasteiger charge is -2.06. The van der Waals surface area contributed by atoms with Gasteiger partial charge in [-0.2, -0.15) is 0 Å². The Labute approximate surface area is 49.5 Å². The molecule has 44 valence electrons. The van der Waals surface area contributed by atoms with E-state index in [4.69, 9.17) is 0 Å².